The molecule has 2 rings (SSSR count). The second-order valence-corrected chi connectivity index (χ2v) is 5.43. The molecule has 4 nitrogen and oxygen atoms in total. The highest BCUT2D eigenvalue weighted by molar-refractivity contribution is 5.96. The average molecular weight is 301 g/mol. The molecule has 0 heterocycles. The summed E-state index contributed by atoms with van der Waals surface area (Å²) in [5.41, 5.74) is 6.61. The van der Waals surface area contributed by atoms with Crippen LogP contribution in [0.25, 0.3) is 10.8 Å². The summed E-state index contributed by atoms with van der Waals surface area (Å²) in [7, 11) is 1.65. The number of hydrogen-bond donors (Lipinski definition) is 1. The van der Waals surface area contributed by atoms with Gasteiger partial charge in [0, 0.05) is 10.8 Å². The van der Waals surface area contributed by atoms with Gasteiger partial charge in [0.25, 0.3) is 0 Å². The first kappa shape index (κ1) is 16.3. The van der Waals surface area contributed by atoms with Crippen LogP contribution in [0.15, 0.2) is 30.3 Å². The Morgan fingerprint density at radius 2 is 1.95 bits per heavy atom. The van der Waals surface area contributed by atoms with Gasteiger partial charge < -0.3 is 15.2 Å². The van der Waals surface area contributed by atoms with Crippen LogP contribution in [0.3, 0.4) is 0 Å². The zero-order valence-corrected chi connectivity index (χ0v) is 13.4. The van der Waals surface area contributed by atoms with E-state index in [2.05, 4.69) is 6.92 Å². The third kappa shape index (κ3) is 3.39. The number of carbonyl (C=O) groups is 1. The predicted octanol–water partition coefficient (Wildman–Crippen LogP) is 3.44. The summed E-state index contributed by atoms with van der Waals surface area (Å²) in [5, 5.41) is 1.81. The van der Waals surface area contributed by atoms with Gasteiger partial charge in [0.05, 0.1) is 7.11 Å². The summed E-state index contributed by atoms with van der Waals surface area (Å²) in [6, 6.07) is 9.07. The van der Waals surface area contributed by atoms with Crippen LogP contribution in [0.2, 0.25) is 0 Å². The Labute approximate surface area is 131 Å². The fourth-order valence-electron chi connectivity index (χ4n) is 2.41. The largest absolute Gasteiger partial charge is 0.496 e. The summed E-state index contributed by atoms with van der Waals surface area (Å²) in [5.74, 6) is 0.975. The van der Waals surface area contributed by atoms with E-state index in [9.17, 15) is 4.79 Å². The van der Waals surface area contributed by atoms with Crippen LogP contribution < -0.4 is 15.2 Å². The van der Waals surface area contributed by atoms with Gasteiger partial charge >= 0.3 is 5.97 Å². The lowest BCUT2D eigenvalue weighted by Gasteiger charge is -2.16. The van der Waals surface area contributed by atoms with Gasteiger partial charge in [-0.25, -0.2) is 4.79 Å². The minimum Gasteiger partial charge on any atom is -0.496 e. The lowest BCUT2D eigenvalue weighted by atomic mass is 10.0. The van der Waals surface area contributed by atoms with Crippen molar-refractivity contribution in [2.75, 3.05) is 7.11 Å². The van der Waals surface area contributed by atoms with Gasteiger partial charge in [-0.1, -0.05) is 37.6 Å². The van der Waals surface area contributed by atoms with Crippen molar-refractivity contribution >= 4 is 16.7 Å². The second-order valence-electron chi connectivity index (χ2n) is 5.43. The molecular weight excluding hydrogens is 278 g/mol. The van der Waals surface area contributed by atoms with E-state index in [1.54, 1.807) is 14.0 Å². The summed E-state index contributed by atoms with van der Waals surface area (Å²) in [6.45, 7) is 3.76. The fourth-order valence-corrected chi connectivity index (χ4v) is 2.41. The Bertz CT molecular complexity index is 665. The first-order valence-electron chi connectivity index (χ1n) is 7.64. The minimum absolute atomic E-state index is 0.423. The highest BCUT2D eigenvalue weighted by Gasteiger charge is 2.18. The van der Waals surface area contributed by atoms with E-state index in [1.165, 1.54) is 0 Å². The molecule has 0 saturated carbocycles. The lowest BCUT2D eigenvalue weighted by molar-refractivity contribution is -0.135. The molecule has 0 aromatic heterocycles. The predicted molar refractivity (Wildman–Crippen MR) is 88.4 cm³/mol. The molecule has 2 aromatic carbocycles. The van der Waals surface area contributed by atoms with E-state index in [0.717, 1.165) is 41.3 Å². The summed E-state index contributed by atoms with van der Waals surface area (Å²) in [4.78, 5) is 12.0. The molecule has 0 unspecified atom stereocenters. The molecule has 1 atom stereocenters. The number of fused-ring (bicyclic) bond motifs is 1. The van der Waals surface area contributed by atoms with Crippen LogP contribution in [-0.2, 0) is 11.2 Å². The maximum absolute atomic E-state index is 12.0. The van der Waals surface area contributed by atoms with Crippen molar-refractivity contribution in [2.45, 2.75) is 39.2 Å². The van der Waals surface area contributed by atoms with Crippen LogP contribution in [0.1, 0.15) is 32.3 Å². The summed E-state index contributed by atoms with van der Waals surface area (Å²) >= 11 is 0. The molecule has 0 amide bonds. The van der Waals surface area contributed by atoms with E-state index < -0.39 is 12.0 Å². The standard InChI is InChI=1S/C18H23NO3/c1-4-5-8-13-11-16(21-3)14-9-6-7-10-15(14)17(13)22-18(20)12(2)19/h6-7,9-12H,4-5,8,19H2,1-3H3/t12-/m0/s1. The number of unbranched alkanes of at least 4 members (excludes halogenated alkanes) is 1. The molecule has 0 fully saturated rings. The zero-order valence-electron chi connectivity index (χ0n) is 13.4. The molecule has 2 aromatic rings. The monoisotopic (exact) mass is 301 g/mol. The number of esters is 1. The van der Waals surface area contributed by atoms with Gasteiger partial charge in [0.2, 0.25) is 0 Å². The number of rotatable bonds is 6. The molecule has 0 radical (unpaired) electrons. The topological polar surface area (TPSA) is 61.5 Å². The van der Waals surface area contributed by atoms with Gasteiger partial charge in [-0.3, -0.25) is 0 Å². The maximum Gasteiger partial charge on any atom is 0.328 e. The third-order valence-electron chi connectivity index (χ3n) is 3.63. The normalized spacial score (nSPS) is 12.2. The van der Waals surface area contributed by atoms with Gasteiger partial charge in [-0.15, -0.1) is 0 Å². The van der Waals surface area contributed by atoms with Crippen molar-refractivity contribution in [1.82, 2.24) is 0 Å². The molecule has 0 aliphatic rings. The first-order valence-corrected chi connectivity index (χ1v) is 7.64. The van der Waals surface area contributed by atoms with Crippen molar-refractivity contribution in [1.29, 1.82) is 0 Å². The van der Waals surface area contributed by atoms with Crippen molar-refractivity contribution in [3.63, 3.8) is 0 Å². The van der Waals surface area contributed by atoms with E-state index in [1.807, 2.05) is 30.3 Å². The highest BCUT2D eigenvalue weighted by atomic mass is 16.5. The number of benzene rings is 2. The number of nitrogens with two attached hydrogens (primary N) is 1. The molecule has 0 aliphatic carbocycles. The lowest BCUT2D eigenvalue weighted by Crippen LogP contribution is -2.31. The smallest absolute Gasteiger partial charge is 0.328 e. The Balaban J connectivity index is 2.59. The zero-order chi connectivity index (χ0) is 16.1. The second kappa shape index (κ2) is 7.27. The minimum atomic E-state index is -0.653. The summed E-state index contributed by atoms with van der Waals surface area (Å²) in [6.07, 6.45) is 2.92. The molecule has 22 heavy (non-hydrogen) atoms. The summed E-state index contributed by atoms with van der Waals surface area (Å²) < 4.78 is 11.1. The van der Waals surface area contributed by atoms with Crippen molar-refractivity contribution in [3.05, 3.63) is 35.9 Å². The third-order valence-corrected chi connectivity index (χ3v) is 3.63. The Morgan fingerprint density at radius 3 is 2.55 bits per heavy atom. The van der Waals surface area contributed by atoms with E-state index >= 15 is 0 Å². The SMILES string of the molecule is CCCCc1cc(OC)c2ccccc2c1OC(=O)[C@H](C)N. The van der Waals surface area contributed by atoms with Crippen molar-refractivity contribution in [3.8, 4) is 11.5 Å². The number of methoxy groups -OCH3 is 1. The van der Waals surface area contributed by atoms with Crippen LogP contribution in [-0.4, -0.2) is 19.1 Å². The van der Waals surface area contributed by atoms with Gasteiger partial charge in [-0.05, 0) is 31.4 Å². The molecule has 0 saturated heterocycles. The van der Waals surface area contributed by atoms with E-state index in [-0.39, 0.29) is 0 Å². The van der Waals surface area contributed by atoms with Gasteiger partial charge in [0.1, 0.15) is 17.5 Å². The molecular formula is C18H23NO3. The Hall–Kier alpha value is -2.07. The van der Waals surface area contributed by atoms with Crippen LogP contribution >= 0.6 is 0 Å². The number of aryl methyl sites for hydroxylation is 1. The van der Waals surface area contributed by atoms with Crippen LogP contribution in [0, 0.1) is 0 Å². The Morgan fingerprint density at radius 1 is 1.27 bits per heavy atom. The van der Waals surface area contributed by atoms with Crippen LogP contribution in [0.4, 0.5) is 0 Å². The molecule has 118 valence electrons. The van der Waals surface area contributed by atoms with Crippen LogP contribution in [0.5, 0.6) is 11.5 Å². The molecule has 4 heteroatoms. The first-order chi connectivity index (χ1) is 10.6. The average Bonchev–Trinajstić information content (AvgIpc) is 2.53. The fraction of sp³-hybridized carbons (Fsp3) is 0.389. The quantitative estimate of drug-likeness (QED) is 0.656. The van der Waals surface area contributed by atoms with E-state index in [4.69, 9.17) is 15.2 Å². The van der Waals surface area contributed by atoms with Gasteiger partial charge in [0.15, 0.2) is 0 Å². The van der Waals surface area contributed by atoms with Crippen molar-refractivity contribution in [2.24, 2.45) is 5.73 Å². The molecule has 0 bridgehead atoms. The van der Waals surface area contributed by atoms with E-state index in [0.29, 0.717) is 5.75 Å². The molecule has 2 N–H and O–H groups in total. The number of hydrogen-bond acceptors (Lipinski definition) is 4. The van der Waals surface area contributed by atoms with Crippen molar-refractivity contribution < 1.29 is 14.3 Å². The van der Waals surface area contributed by atoms with Gasteiger partial charge in [-0.2, -0.15) is 0 Å². The molecule has 0 aliphatic heterocycles. The Kier molecular flexibility index (Phi) is 5.39. The maximum atomic E-state index is 12.0. The number of carbonyl (C=O) groups excluding carboxylic acids is 1. The molecule has 0 spiro atoms. The number of ether oxygens (including phenoxy) is 2. The highest BCUT2D eigenvalue weighted by Crippen LogP contribution is 2.37.